The minimum Gasteiger partial charge on any atom is -0.492 e. The first kappa shape index (κ1) is 23.2. The smallest absolute Gasteiger partial charge is 0.257 e. The molecule has 2 aromatic carbocycles. The minimum atomic E-state index is -0.374. The number of halogens is 1. The molecule has 1 fully saturated rings. The summed E-state index contributed by atoms with van der Waals surface area (Å²) in [6, 6.07) is 15.2. The molecule has 0 spiro atoms. The van der Waals surface area contributed by atoms with Gasteiger partial charge in [0.05, 0.1) is 11.1 Å². The number of hydrazine groups is 1. The highest BCUT2D eigenvalue weighted by Crippen LogP contribution is 2.26. The van der Waals surface area contributed by atoms with Gasteiger partial charge in [-0.2, -0.15) is 0 Å². The summed E-state index contributed by atoms with van der Waals surface area (Å²) in [7, 11) is 0. The summed E-state index contributed by atoms with van der Waals surface area (Å²) in [6.07, 6.45) is 5.89. The van der Waals surface area contributed by atoms with E-state index in [1.54, 1.807) is 18.2 Å². The van der Waals surface area contributed by atoms with Gasteiger partial charge in [-0.25, -0.2) is 0 Å². The zero-order valence-electron chi connectivity index (χ0n) is 17.2. The van der Waals surface area contributed by atoms with Crippen molar-refractivity contribution in [3.63, 3.8) is 0 Å². The van der Waals surface area contributed by atoms with Crippen molar-refractivity contribution in [2.45, 2.75) is 38.5 Å². The Morgan fingerprint density at radius 3 is 2.48 bits per heavy atom. The average molecular weight is 504 g/mol. The van der Waals surface area contributed by atoms with Crippen LogP contribution in [0.3, 0.4) is 0 Å². The van der Waals surface area contributed by atoms with Gasteiger partial charge in [-0.1, -0.05) is 49.6 Å². The summed E-state index contributed by atoms with van der Waals surface area (Å²) in [6.45, 7) is 0.531. The van der Waals surface area contributed by atoms with Gasteiger partial charge >= 0.3 is 0 Å². The molecule has 0 atom stereocenters. The van der Waals surface area contributed by atoms with E-state index in [1.807, 2.05) is 18.2 Å². The van der Waals surface area contributed by atoms with E-state index in [0.717, 1.165) is 32.1 Å². The number of benzene rings is 2. The Labute approximate surface area is 196 Å². The summed E-state index contributed by atoms with van der Waals surface area (Å²) < 4.78 is 6.49. The van der Waals surface area contributed by atoms with Gasteiger partial charge in [0, 0.05) is 17.9 Å². The molecule has 0 aromatic heterocycles. The van der Waals surface area contributed by atoms with Crippen LogP contribution >= 0.6 is 28.1 Å². The first-order valence-electron chi connectivity index (χ1n) is 10.4. The van der Waals surface area contributed by atoms with E-state index in [1.165, 1.54) is 12.0 Å². The summed E-state index contributed by atoms with van der Waals surface area (Å²) >= 11 is 8.57. The normalized spacial score (nSPS) is 13.8. The van der Waals surface area contributed by atoms with Gasteiger partial charge in [0.25, 0.3) is 5.91 Å². The number of amides is 2. The Kier molecular flexibility index (Phi) is 8.85. The average Bonchev–Trinajstić information content (AvgIpc) is 2.79. The lowest BCUT2D eigenvalue weighted by atomic mass is 9.89. The number of thiocarbonyl (C=S) groups is 1. The summed E-state index contributed by atoms with van der Waals surface area (Å²) in [4.78, 5) is 24.6. The van der Waals surface area contributed by atoms with Crippen LogP contribution in [0.2, 0.25) is 0 Å². The standard InChI is InChI=1S/C23H26BrN3O3S/c24-19-15-18(11-12-20(19)30-14-13-16-7-3-1-4-8-16)21(28)25-23(31)27-26-22(29)17-9-5-2-6-10-17/h1,3-4,7-8,11-12,15,17H,2,5-6,9-10,13-14H2,(H,26,29)(H2,25,27,28,31). The predicted octanol–water partition coefficient (Wildman–Crippen LogP) is 4.29. The number of nitrogens with one attached hydrogen (secondary N) is 3. The first-order valence-corrected chi connectivity index (χ1v) is 11.6. The highest BCUT2D eigenvalue weighted by atomic mass is 79.9. The third-order valence-electron chi connectivity index (χ3n) is 5.19. The lowest BCUT2D eigenvalue weighted by Gasteiger charge is -2.21. The van der Waals surface area contributed by atoms with E-state index in [4.69, 9.17) is 17.0 Å². The highest BCUT2D eigenvalue weighted by molar-refractivity contribution is 9.10. The Bertz CT molecular complexity index is 918. The maximum atomic E-state index is 12.5. The number of ether oxygens (including phenoxy) is 1. The monoisotopic (exact) mass is 503 g/mol. The number of hydrogen-bond acceptors (Lipinski definition) is 4. The van der Waals surface area contributed by atoms with E-state index in [0.29, 0.717) is 22.4 Å². The Morgan fingerprint density at radius 2 is 1.77 bits per heavy atom. The summed E-state index contributed by atoms with van der Waals surface area (Å²) in [5, 5.41) is 2.62. The van der Waals surface area contributed by atoms with Crippen LogP contribution in [0.1, 0.15) is 48.0 Å². The van der Waals surface area contributed by atoms with Crippen molar-refractivity contribution in [3.05, 3.63) is 64.1 Å². The number of carbonyl (C=O) groups excluding carboxylic acids is 2. The van der Waals surface area contributed by atoms with Crippen molar-refractivity contribution < 1.29 is 14.3 Å². The van der Waals surface area contributed by atoms with E-state index < -0.39 is 0 Å². The van der Waals surface area contributed by atoms with Crippen molar-refractivity contribution in [2.24, 2.45) is 5.92 Å². The number of hydrogen-bond donors (Lipinski definition) is 3. The van der Waals surface area contributed by atoms with Crippen LogP contribution in [-0.2, 0) is 11.2 Å². The molecule has 0 unspecified atom stereocenters. The maximum absolute atomic E-state index is 12.5. The lowest BCUT2D eigenvalue weighted by molar-refractivity contribution is -0.126. The number of carbonyl (C=O) groups is 2. The molecule has 0 saturated heterocycles. The fourth-order valence-corrected chi connectivity index (χ4v) is 4.11. The molecule has 1 aliphatic carbocycles. The molecule has 0 radical (unpaired) electrons. The lowest BCUT2D eigenvalue weighted by Crippen LogP contribution is -2.50. The second-order valence-electron chi connectivity index (χ2n) is 7.46. The van der Waals surface area contributed by atoms with E-state index >= 15 is 0 Å². The third kappa shape index (κ3) is 7.33. The molecule has 3 rings (SSSR count). The Hall–Kier alpha value is -2.45. The molecule has 0 aliphatic heterocycles. The summed E-state index contributed by atoms with van der Waals surface area (Å²) in [5.41, 5.74) is 6.83. The SMILES string of the molecule is O=C(NC(=S)NNC(=O)C1CCCCC1)c1ccc(OCCc2ccccc2)c(Br)c1. The van der Waals surface area contributed by atoms with Gasteiger partial charge in [0.2, 0.25) is 5.91 Å². The molecular weight excluding hydrogens is 478 g/mol. The molecule has 31 heavy (non-hydrogen) atoms. The van der Waals surface area contributed by atoms with Gasteiger partial charge in [-0.05, 0) is 64.8 Å². The van der Waals surface area contributed by atoms with Crippen LogP contribution in [0.5, 0.6) is 5.75 Å². The van der Waals surface area contributed by atoms with Crippen LogP contribution in [0, 0.1) is 5.92 Å². The van der Waals surface area contributed by atoms with Crippen molar-refractivity contribution in [1.29, 1.82) is 0 Å². The molecule has 3 N–H and O–H groups in total. The predicted molar refractivity (Wildman–Crippen MR) is 128 cm³/mol. The third-order valence-corrected chi connectivity index (χ3v) is 6.01. The molecule has 6 nitrogen and oxygen atoms in total. The van der Waals surface area contributed by atoms with Crippen LogP contribution < -0.4 is 20.9 Å². The van der Waals surface area contributed by atoms with Gasteiger partial charge in [0.15, 0.2) is 5.11 Å². The van der Waals surface area contributed by atoms with Crippen LogP contribution in [0.25, 0.3) is 0 Å². The van der Waals surface area contributed by atoms with Crippen molar-refractivity contribution in [2.75, 3.05) is 6.61 Å². The molecule has 8 heteroatoms. The largest absolute Gasteiger partial charge is 0.492 e. The molecule has 0 bridgehead atoms. The molecular formula is C23H26BrN3O3S. The van der Waals surface area contributed by atoms with Gasteiger partial charge < -0.3 is 4.74 Å². The van der Waals surface area contributed by atoms with Gasteiger partial charge in [0.1, 0.15) is 5.75 Å². The minimum absolute atomic E-state index is 0.00476. The zero-order chi connectivity index (χ0) is 22.1. The fraction of sp³-hybridized carbons (Fsp3) is 0.348. The second-order valence-corrected chi connectivity index (χ2v) is 8.72. The molecule has 164 valence electrons. The van der Waals surface area contributed by atoms with E-state index in [2.05, 4.69) is 44.2 Å². The van der Waals surface area contributed by atoms with Gasteiger partial charge in [-0.3, -0.25) is 25.8 Å². The topological polar surface area (TPSA) is 79.5 Å². The van der Waals surface area contributed by atoms with Crippen molar-refractivity contribution in [3.8, 4) is 5.75 Å². The first-order chi connectivity index (χ1) is 15.0. The Balaban J connectivity index is 1.44. The molecule has 0 heterocycles. The molecule has 2 amide bonds. The fourth-order valence-electron chi connectivity index (χ4n) is 3.47. The molecule has 1 saturated carbocycles. The molecule has 1 aliphatic rings. The van der Waals surface area contributed by atoms with E-state index in [-0.39, 0.29) is 22.8 Å². The van der Waals surface area contributed by atoms with E-state index in [9.17, 15) is 9.59 Å². The highest BCUT2D eigenvalue weighted by Gasteiger charge is 2.21. The molecule has 2 aromatic rings. The quantitative estimate of drug-likeness (QED) is 0.404. The second kappa shape index (κ2) is 11.8. The Morgan fingerprint density at radius 1 is 1.03 bits per heavy atom. The van der Waals surface area contributed by atoms with Crippen molar-refractivity contribution >= 4 is 45.1 Å². The maximum Gasteiger partial charge on any atom is 0.257 e. The van der Waals surface area contributed by atoms with Crippen LogP contribution in [0.4, 0.5) is 0 Å². The van der Waals surface area contributed by atoms with Crippen LogP contribution in [-0.4, -0.2) is 23.5 Å². The number of rotatable bonds is 6. The van der Waals surface area contributed by atoms with Crippen LogP contribution in [0.15, 0.2) is 53.0 Å². The van der Waals surface area contributed by atoms with Gasteiger partial charge in [-0.15, -0.1) is 0 Å². The summed E-state index contributed by atoms with van der Waals surface area (Å²) in [5.74, 6) is 0.204. The zero-order valence-corrected chi connectivity index (χ0v) is 19.6. The van der Waals surface area contributed by atoms with Crippen molar-refractivity contribution in [1.82, 2.24) is 16.2 Å².